The summed E-state index contributed by atoms with van der Waals surface area (Å²) in [5.41, 5.74) is -2.69. The Bertz CT molecular complexity index is 789. The molecule has 2 amide bonds. The fraction of sp³-hybridized carbons (Fsp3) is 0.471. The van der Waals surface area contributed by atoms with Crippen molar-refractivity contribution in [3.05, 3.63) is 24.3 Å². The summed E-state index contributed by atoms with van der Waals surface area (Å²) in [6.45, 7) is 2.39. The Balaban J connectivity index is 1.50. The highest BCUT2D eigenvalue weighted by Crippen LogP contribution is 2.30. The van der Waals surface area contributed by atoms with Crippen molar-refractivity contribution in [3.63, 3.8) is 0 Å². The van der Waals surface area contributed by atoms with Crippen LogP contribution in [0, 0.1) is 0 Å². The van der Waals surface area contributed by atoms with E-state index in [-0.39, 0.29) is 18.1 Å². The van der Waals surface area contributed by atoms with Crippen molar-refractivity contribution < 1.29 is 32.2 Å². The molecule has 0 radical (unpaired) electrons. The van der Waals surface area contributed by atoms with Gasteiger partial charge in [-0.05, 0) is 24.3 Å². The van der Waals surface area contributed by atoms with Gasteiger partial charge in [0.15, 0.2) is 5.17 Å². The first-order chi connectivity index (χ1) is 13.7. The second kappa shape index (κ2) is 9.23. The van der Waals surface area contributed by atoms with E-state index >= 15 is 0 Å². The van der Waals surface area contributed by atoms with Crippen LogP contribution in [0.5, 0.6) is 5.75 Å². The molecule has 158 valence electrons. The van der Waals surface area contributed by atoms with Gasteiger partial charge >= 0.3 is 6.11 Å². The maximum atomic E-state index is 13.1. The van der Waals surface area contributed by atoms with Crippen LogP contribution in [-0.4, -0.2) is 65.2 Å². The van der Waals surface area contributed by atoms with E-state index in [0.29, 0.717) is 37.2 Å². The van der Waals surface area contributed by atoms with Gasteiger partial charge in [-0.1, -0.05) is 23.4 Å². The first-order valence-corrected chi connectivity index (χ1v) is 9.93. The van der Waals surface area contributed by atoms with Crippen LogP contribution in [0.15, 0.2) is 29.3 Å². The third-order valence-electron chi connectivity index (χ3n) is 4.03. The number of thioether (sulfide) groups is 1. The second-order valence-corrected chi connectivity index (χ2v) is 7.73. The van der Waals surface area contributed by atoms with Gasteiger partial charge in [0, 0.05) is 25.2 Å². The number of hydrogen-bond acceptors (Lipinski definition) is 6. The number of amides is 2. The SMILES string of the molecule is O=C(C[C@@H]1SC(N2CCOCC2)=NC1=O)Nc1ccc(OC(F)(F)[C@H](F)Cl)cc1. The Hall–Kier alpha value is -1.98. The molecule has 2 atom stereocenters. The Morgan fingerprint density at radius 3 is 2.66 bits per heavy atom. The number of nitrogens with zero attached hydrogens (tertiary/aromatic N) is 2. The van der Waals surface area contributed by atoms with E-state index in [9.17, 15) is 22.8 Å². The van der Waals surface area contributed by atoms with Gasteiger partial charge in [-0.3, -0.25) is 9.59 Å². The van der Waals surface area contributed by atoms with Crippen LogP contribution in [0.3, 0.4) is 0 Å². The zero-order valence-corrected chi connectivity index (χ0v) is 16.5. The molecule has 7 nitrogen and oxygen atoms in total. The minimum absolute atomic E-state index is 0.0903. The topological polar surface area (TPSA) is 80.2 Å². The maximum Gasteiger partial charge on any atom is 0.444 e. The highest BCUT2D eigenvalue weighted by atomic mass is 35.5. The molecule has 1 N–H and O–H groups in total. The monoisotopic (exact) mass is 451 g/mol. The minimum atomic E-state index is -4.18. The number of morpholine rings is 1. The standard InChI is InChI=1S/C17H17ClF3N3O4S/c18-15(19)17(20,21)28-11-3-1-10(2-4-11)22-13(25)9-12-14(26)23-16(29-12)24-5-7-27-8-6-24/h1-4,12,15H,5-9H2,(H,22,25)/t12-,15-/m0/s1. The van der Waals surface area contributed by atoms with E-state index in [1.54, 1.807) is 0 Å². The largest absolute Gasteiger partial charge is 0.444 e. The minimum Gasteiger partial charge on any atom is -0.429 e. The lowest BCUT2D eigenvalue weighted by atomic mass is 10.2. The Morgan fingerprint density at radius 2 is 2.03 bits per heavy atom. The van der Waals surface area contributed by atoms with Gasteiger partial charge < -0.3 is 19.7 Å². The molecular formula is C17H17ClF3N3O4S. The van der Waals surface area contributed by atoms with E-state index < -0.39 is 22.9 Å². The summed E-state index contributed by atoms with van der Waals surface area (Å²) in [4.78, 5) is 30.3. The third-order valence-corrected chi connectivity index (χ3v) is 5.49. The van der Waals surface area contributed by atoms with E-state index in [1.807, 2.05) is 4.90 Å². The van der Waals surface area contributed by atoms with Crippen LogP contribution in [0.25, 0.3) is 0 Å². The summed E-state index contributed by atoms with van der Waals surface area (Å²) in [6.07, 6.45) is -4.27. The van der Waals surface area contributed by atoms with Gasteiger partial charge in [-0.25, -0.2) is 4.39 Å². The van der Waals surface area contributed by atoms with Crippen molar-refractivity contribution in [2.24, 2.45) is 4.99 Å². The molecule has 1 aromatic carbocycles. The molecule has 3 rings (SSSR count). The normalized spacial score (nSPS) is 21.0. The molecule has 0 unspecified atom stereocenters. The van der Waals surface area contributed by atoms with E-state index in [2.05, 4.69) is 15.0 Å². The van der Waals surface area contributed by atoms with Crippen LogP contribution in [-0.2, 0) is 14.3 Å². The average Bonchev–Trinajstić information content (AvgIpc) is 3.04. The number of hydrogen-bond donors (Lipinski definition) is 1. The quantitative estimate of drug-likeness (QED) is 0.670. The lowest BCUT2D eigenvalue weighted by Crippen LogP contribution is -2.39. The molecular weight excluding hydrogens is 435 g/mol. The lowest BCUT2D eigenvalue weighted by molar-refractivity contribution is -0.199. The number of carbonyl (C=O) groups excluding carboxylic acids is 2. The summed E-state index contributed by atoms with van der Waals surface area (Å²) in [5.74, 6) is -1.13. The molecule has 29 heavy (non-hydrogen) atoms. The molecule has 2 aliphatic heterocycles. The van der Waals surface area contributed by atoms with Crippen molar-refractivity contribution >= 4 is 46.0 Å². The van der Waals surface area contributed by atoms with Crippen molar-refractivity contribution in [3.8, 4) is 5.75 Å². The number of benzene rings is 1. The maximum absolute atomic E-state index is 13.1. The number of ether oxygens (including phenoxy) is 2. The zero-order chi connectivity index (χ0) is 21.0. The molecule has 12 heteroatoms. The molecule has 0 spiro atoms. The Labute approximate surface area is 173 Å². The van der Waals surface area contributed by atoms with Crippen molar-refractivity contribution in [1.82, 2.24) is 4.90 Å². The molecule has 1 saturated heterocycles. The Kier molecular flexibility index (Phi) is 6.91. The van der Waals surface area contributed by atoms with Crippen molar-refractivity contribution in [1.29, 1.82) is 0 Å². The molecule has 0 aliphatic carbocycles. The van der Waals surface area contributed by atoms with Gasteiger partial charge in [0.1, 0.15) is 11.0 Å². The van der Waals surface area contributed by atoms with E-state index in [4.69, 9.17) is 16.3 Å². The number of aliphatic imine (C=N–C) groups is 1. The molecule has 0 saturated carbocycles. The number of halogens is 4. The van der Waals surface area contributed by atoms with Gasteiger partial charge in [-0.2, -0.15) is 13.8 Å². The summed E-state index contributed by atoms with van der Waals surface area (Å²) >= 11 is 5.96. The third kappa shape index (κ3) is 5.77. The van der Waals surface area contributed by atoms with Crippen LogP contribution >= 0.6 is 23.4 Å². The predicted octanol–water partition coefficient (Wildman–Crippen LogP) is 2.85. The van der Waals surface area contributed by atoms with Gasteiger partial charge in [0.2, 0.25) is 5.91 Å². The molecule has 0 bridgehead atoms. The Morgan fingerprint density at radius 1 is 1.38 bits per heavy atom. The highest BCUT2D eigenvalue weighted by Gasteiger charge is 2.42. The van der Waals surface area contributed by atoms with Crippen molar-refractivity contribution in [2.75, 3.05) is 31.6 Å². The number of alkyl halides is 4. The second-order valence-electron chi connectivity index (χ2n) is 6.18. The number of carbonyl (C=O) groups is 2. The molecule has 0 aromatic heterocycles. The predicted molar refractivity (Wildman–Crippen MR) is 102 cm³/mol. The number of anilines is 1. The van der Waals surface area contributed by atoms with E-state index in [0.717, 1.165) is 12.1 Å². The number of amidine groups is 1. The van der Waals surface area contributed by atoms with Gasteiger partial charge in [-0.15, -0.1) is 0 Å². The molecule has 2 aliphatic rings. The summed E-state index contributed by atoms with van der Waals surface area (Å²) in [6, 6.07) is 4.89. The summed E-state index contributed by atoms with van der Waals surface area (Å²) in [7, 11) is 0. The van der Waals surface area contributed by atoms with Crippen LogP contribution < -0.4 is 10.1 Å². The van der Waals surface area contributed by atoms with Crippen molar-refractivity contribution in [2.45, 2.75) is 23.4 Å². The first kappa shape index (κ1) is 21.7. The van der Waals surface area contributed by atoms with Gasteiger partial charge in [0.05, 0.1) is 13.2 Å². The first-order valence-electron chi connectivity index (χ1n) is 8.61. The highest BCUT2D eigenvalue weighted by molar-refractivity contribution is 8.15. The average molecular weight is 452 g/mol. The van der Waals surface area contributed by atoms with Gasteiger partial charge in [0.25, 0.3) is 11.5 Å². The smallest absolute Gasteiger partial charge is 0.429 e. The fourth-order valence-electron chi connectivity index (χ4n) is 2.59. The van der Waals surface area contributed by atoms with E-state index in [1.165, 1.54) is 23.9 Å². The zero-order valence-electron chi connectivity index (χ0n) is 14.9. The van der Waals surface area contributed by atoms with Crippen LogP contribution in [0.4, 0.5) is 18.9 Å². The molecule has 1 aromatic rings. The summed E-state index contributed by atoms with van der Waals surface area (Å²) < 4.78 is 48.3. The molecule has 1 fully saturated rings. The molecule has 2 heterocycles. The fourth-order valence-corrected chi connectivity index (χ4v) is 3.75. The lowest BCUT2D eigenvalue weighted by Gasteiger charge is -2.27. The van der Waals surface area contributed by atoms with Crippen LogP contribution in [0.1, 0.15) is 6.42 Å². The summed E-state index contributed by atoms with van der Waals surface area (Å²) in [5, 5.41) is 2.53. The van der Waals surface area contributed by atoms with Crippen LogP contribution in [0.2, 0.25) is 0 Å². The number of rotatable bonds is 6. The number of nitrogens with one attached hydrogen (secondary N) is 1.